The van der Waals surface area contributed by atoms with Gasteiger partial charge in [0.2, 0.25) is 6.79 Å². The summed E-state index contributed by atoms with van der Waals surface area (Å²) in [6.07, 6.45) is 0. The zero-order valence-corrected chi connectivity index (χ0v) is 17.5. The second-order valence-electron chi connectivity index (χ2n) is 7.47. The van der Waals surface area contributed by atoms with Crippen LogP contribution in [-0.2, 0) is 13.1 Å². The van der Waals surface area contributed by atoms with E-state index in [9.17, 15) is 4.79 Å². The predicted molar refractivity (Wildman–Crippen MR) is 113 cm³/mol. The normalized spacial score (nSPS) is 17.1. The molecule has 5 rings (SSSR count). The molecule has 1 saturated heterocycles. The Hall–Kier alpha value is -2.35. The maximum Gasteiger partial charge on any atom is 0.336 e. The third-order valence-electron chi connectivity index (χ3n) is 5.49. The van der Waals surface area contributed by atoms with E-state index < -0.39 is 0 Å². The quantitative estimate of drug-likeness (QED) is 0.559. The van der Waals surface area contributed by atoms with Crippen molar-refractivity contribution in [1.29, 1.82) is 0 Å². The first-order valence-corrected chi connectivity index (χ1v) is 10.5. The lowest BCUT2D eigenvalue weighted by Crippen LogP contribution is -2.45. The van der Waals surface area contributed by atoms with Crippen LogP contribution in [-0.4, -0.2) is 42.8 Å². The molecule has 3 aromatic rings. The molecule has 1 fully saturated rings. The van der Waals surface area contributed by atoms with Gasteiger partial charge in [0.1, 0.15) is 5.58 Å². The minimum Gasteiger partial charge on any atom is -0.454 e. The number of piperazine rings is 1. The van der Waals surface area contributed by atoms with Crippen molar-refractivity contribution >= 4 is 26.9 Å². The van der Waals surface area contributed by atoms with E-state index in [1.165, 1.54) is 5.56 Å². The molecule has 2 aromatic carbocycles. The number of rotatable bonds is 4. The number of nitrogens with zero attached hydrogens (tertiary/aromatic N) is 2. The summed E-state index contributed by atoms with van der Waals surface area (Å²) in [5, 5.41) is 0.996. The summed E-state index contributed by atoms with van der Waals surface area (Å²) >= 11 is 3.44. The Balaban J connectivity index is 1.23. The Bertz CT molecular complexity index is 1110. The Kier molecular flexibility index (Phi) is 5.03. The van der Waals surface area contributed by atoms with Crippen LogP contribution in [0.4, 0.5) is 0 Å². The molecule has 0 spiro atoms. The molecule has 0 aliphatic carbocycles. The van der Waals surface area contributed by atoms with Gasteiger partial charge in [-0.2, -0.15) is 0 Å². The van der Waals surface area contributed by atoms with Crippen molar-refractivity contribution < 1.29 is 13.9 Å². The van der Waals surface area contributed by atoms with E-state index in [-0.39, 0.29) is 5.63 Å². The minimum absolute atomic E-state index is 0.299. The molecule has 0 N–H and O–H groups in total. The summed E-state index contributed by atoms with van der Waals surface area (Å²) in [4.78, 5) is 16.8. The number of halogens is 1. The lowest BCUT2D eigenvalue weighted by molar-refractivity contribution is 0.122. The van der Waals surface area contributed by atoms with Gasteiger partial charge in [0, 0.05) is 55.2 Å². The number of hydrogen-bond acceptors (Lipinski definition) is 6. The maximum atomic E-state index is 12.0. The molecule has 0 radical (unpaired) electrons. The van der Waals surface area contributed by atoms with E-state index in [2.05, 4.69) is 37.9 Å². The van der Waals surface area contributed by atoms with Crippen molar-refractivity contribution in [2.24, 2.45) is 0 Å². The number of hydrogen-bond donors (Lipinski definition) is 0. The van der Waals surface area contributed by atoms with Gasteiger partial charge in [-0.05, 0) is 41.5 Å². The molecule has 29 heavy (non-hydrogen) atoms. The summed E-state index contributed by atoms with van der Waals surface area (Å²) in [5.41, 5.74) is 2.59. The van der Waals surface area contributed by atoms with Crippen LogP contribution in [0, 0.1) is 0 Å². The van der Waals surface area contributed by atoms with Crippen molar-refractivity contribution in [3.8, 4) is 11.5 Å². The number of ether oxygens (including phenoxy) is 2. The monoisotopic (exact) mass is 456 g/mol. The number of fused-ring (bicyclic) bond motifs is 2. The predicted octanol–water partition coefficient (Wildman–Crippen LogP) is 3.60. The standard InChI is InChI=1S/C22H21BrN2O4/c23-17-2-3-18-16(10-22(26)29-20(18)11-17)13-25-7-5-24(6-8-25)12-15-1-4-19-21(9-15)28-14-27-19/h1-4,9-11H,5-8,12-14H2. The van der Waals surface area contributed by atoms with Gasteiger partial charge in [-0.25, -0.2) is 4.79 Å². The highest BCUT2D eigenvalue weighted by atomic mass is 79.9. The first-order valence-electron chi connectivity index (χ1n) is 9.69. The molecule has 1 aromatic heterocycles. The molecule has 3 heterocycles. The van der Waals surface area contributed by atoms with Gasteiger partial charge in [0.05, 0.1) is 0 Å². The van der Waals surface area contributed by atoms with Crippen molar-refractivity contribution in [1.82, 2.24) is 9.80 Å². The zero-order valence-electron chi connectivity index (χ0n) is 15.9. The summed E-state index contributed by atoms with van der Waals surface area (Å²) < 4.78 is 17.1. The Morgan fingerprint density at radius 3 is 2.45 bits per heavy atom. The Morgan fingerprint density at radius 2 is 1.62 bits per heavy atom. The maximum absolute atomic E-state index is 12.0. The molecule has 2 aliphatic rings. The molecule has 0 atom stereocenters. The van der Waals surface area contributed by atoms with E-state index in [4.69, 9.17) is 13.9 Å². The van der Waals surface area contributed by atoms with Gasteiger partial charge in [-0.3, -0.25) is 9.80 Å². The third-order valence-corrected chi connectivity index (χ3v) is 5.99. The van der Waals surface area contributed by atoms with Gasteiger partial charge in [-0.15, -0.1) is 0 Å². The molecular formula is C22H21BrN2O4. The Labute approximate surface area is 176 Å². The lowest BCUT2D eigenvalue weighted by atomic mass is 10.1. The summed E-state index contributed by atoms with van der Waals surface area (Å²) in [6.45, 7) is 5.85. The largest absolute Gasteiger partial charge is 0.454 e. The molecule has 0 saturated carbocycles. The van der Waals surface area contributed by atoms with E-state index >= 15 is 0 Å². The SMILES string of the molecule is O=c1cc(CN2CCN(Cc3ccc4c(c3)OCO4)CC2)c2ccc(Br)cc2o1. The molecule has 2 aliphatic heterocycles. The highest BCUT2D eigenvalue weighted by Gasteiger charge is 2.20. The fourth-order valence-corrected chi connectivity index (χ4v) is 4.32. The fraction of sp³-hybridized carbons (Fsp3) is 0.318. The summed E-state index contributed by atoms with van der Waals surface area (Å²) in [5.74, 6) is 1.66. The average molecular weight is 457 g/mol. The smallest absolute Gasteiger partial charge is 0.336 e. The van der Waals surface area contributed by atoms with Crippen LogP contribution in [0.2, 0.25) is 0 Å². The topological polar surface area (TPSA) is 55.2 Å². The van der Waals surface area contributed by atoms with Crippen molar-refractivity contribution in [2.75, 3.05) is 33.0 Å². The van der Waals surface area contributed by atoms with Crippen LogP contribution in [0.5, 0.6) is 11.5 Å². The van der Waals surface area contributed by atoms with E-state index in [0.29, 0.717) is 12.4 Å². The minimum atomic E-state index is -0.299. The van der Waals surface area contributed by atoms with Crippen LogP contribution >= 0.6 is 15.9 Å². The fourth-order valence-electron chi connectivity index (χ4n) is 3.98. The summed E-state index contributed by atoms with van der Waals surface area (Å²) in [6, 6.07) is 13.6. The van der Waals surface area contributed by atoms with Gasteiger partial charge in [0.25, 0.3) is 0 Å². The second kappa shape index (κ2) is 7.82. The van der Waals surface area contributed by atoms with E-state index in [1.807, 2.05) is 24.3 Å². The van der Waals surface area contributed by atoms with Crippen molar-refractivity contribution in [3.05, 3.63) is 68.5 Å². The molecule has 0 bridgehead atoms. The van der Waals surface area contributed by atoms with Crippen LogP contribution in [0.25, 0.3) is 11.0 Å². The van der Waals surface area contributed by atoms with Crippen LogP contribution in [0.15, 0.2) is 56.1 Å². The van der Waals surface area contributed by atoms with Gasteiger partial charge in [-0.1, -0.05) is 22.0 Å². The van der Waals surface area contributed by atoms with E-state index in [0.717, 1.165) is 66.2 Å². The second-order valence-corrected chi connectivity index (χ2v) is 8.39. The molecular weight excluding hydrogens is 436 g/mol. The van der Waals surface area contributed by atoms with E-state index in [1.54, 1.807) is 6.07 Å². The molecule has 7 heteroatoms. The van der Waals surface area contributed by atoms with Crippen molar-refractivity contribution in [3.63, 3.8) is 0 Å². The van der Waals surface area contributed by atoms with Gasteiger partial charge in [0.15, 0.2) is 11.5 Å². The highest BCUT2D eigenvalue weighted by Crippen LogP contribution is 2.33. The zero-order chi connectivity index (χ0) is 19.8. The molecule has 0 unspecified atom stereocenters. The van der Waals surface area contributed by atoms with Crippen LogP contribution in [0.1, 0.15) is 11.1 Å². The van der Waals surface area contributed by atoms with Gasteiger partial charge < -0.3 is 13.9 Å². The van der Waals surface area contributed by atoms with Crippen LogP contribution in [0.3, 0.4) is 0 Å². The summed E-state index contributed by atoms with van der Waals surface area (Å²) in [7, 11) is 0. The van der Waals surface area contributed by atoms with Gasteiger partial charge >= 0.3 is 5.63 Å². The molecule has 0 amide bonds. The first-order chi connectivity index (χ1) is 14.1. The highest BCUT2D eigenvalue weighted by molar-refractivity contribution is 9.10. The molecule has 6 nitrogen and oxygen atoms in total. The van der Waals surface area contributed by atoms with Crippen LogP contribution < -0.4 is 15.1 Å². The average Bonchev–Trinajstić information content (AvgIpc) is 3.17. The third kappa shape index (κ3) is 4.03. The molecule has 150 valence electrons. The van der Waals surface area contributed by atoms with Crippen molar-refractivity contribution in [2.45, 2.75) is 13.1 Å². The lowest BCUT2D eigenvalue weighted by Gasteiger charge is -2.34. The first kappa shape index (κ1) is 18.7. The number of benzene rings is 2. The Morgan fingerprint density at radius 1 is 0.862 bits per heavy atom.